The van der Waals surface area contributed by atoms with Crippen LogP contribution >= 0.6 is 0 Å². The van der Waals surface area contributed by atoms with Gasteiger partial charge < -0.3 is 13.4 Å². The van der Waals surface area contributed by atoms with Crippen molar-refractivity contribution in [2.75, 3.05) is 0 Å². The average molecular weight is 306 g/mol. The molecule has 6 heteroatoms. The Bertz CT molecular complexity index is 907. The molecule has 0 amide bonds. The summed E-state index contributed by atoms with van der Waals surface area (Å²) in [6, 6.07) is 9.39. The lowest BCUT2D eigenvalue weighted by Gasteiger charge is -2.05. The summed E-state index contributed by atoms with van der Waals surface area (Å²) in [5, 5.41) is 0. The Balaban J connectivity index is 1.66. The van der Waals surface area contributed by atoms with Gasteiger partial charge in [-0.15, -0.1) is 0 Å². The third kappa shape index (κ3) is 2.55. The predicted molar refractivity (Wildman–Crippen MR) is 83.5 cm³/mol. The first-order valence-electron chi connectivity index (χ1n) is 7.24. The minimum Gasteiger partial charge on any atom is -0.459 e. The molecule has 114 valence electrons. The molecule has 6 nitrogen and oxygen atoms in total. The van der Waals surface area contributed by atoms with Gasteiger partial charge in [-0.25, -0.2) is 9.97 Å². The van der Waals surface area contributed by atoms with E-state index in [4.69, 9.17) is 8.83 Å². The van der Waals surface area contributed by atoms with E-state index < -0.39 is 0 Å². The number of furan rings is 1. The molecule has 0 saturated heterocycles. The Hall–Kier alpha value is -3.15. The zero-order chi connectivity index (χ0) is 15.6. The fourth-order valence-electron chi connectivity index (χ4n) is 2.41. The van der Waals surface area contributed by atoms with Gasteiger partial charge in [-0.2, -0.15) is 0 Å². The zero-order valence-corrected chi connectivity index (χ0v) is 12.5. The fourth-order valence-corrected chi connectivity index (χ4v) is 2.41. The first kappa shape index (κ1) is 13.5. The maximum atomic E-state index is 5.70. The Morgan fingerprint density at radius 3 is 2.83 bits per heavy atom. The number of aromatic nitrogens is 4. The van der Waals surface area contributed by atoms with Crippen molar-refractivity contribution in [3.05, 3.63) is 66.6 Å². The molecule has 0 atom stereocenters. The summed E-state index contributed by atoms with van der Waals surface area (Å²) in [6.45, 7) is 2.45. The van der Waals surface area contributed by atoms with Gasteiger partial charge in [0.25, 0.3) is 5.89 Å². The van der Waals surface area contributed by atoms with Crippen LogP contribution in [0.5, 0.6) is 0 Å². The summed E-state index contributed by atoms with van der Waals surface area (Å²) in [4.78, 5) is 13.3. The Morgan fingerprint density at radius 2 is 2.04 bits per heavy atom. The highest BCUT2D eigenvalue weighted by molar-refractivity contribution is 5.49. The van der Waals surface area contributed by atoms with Gasteiger partial charge in [0.2, 0.25) is 0 Å². The second-order valence-electron chi connectivity index (χ2n) is 5.09. The highest BCUT2D eigenvalue weighted by Gasteiger charge is 2.15. The first-order valence-corrected chi connectivity index (χ1v) is 7.24. The molecule has 4 rings (SSSR count). The highest BCUT2D eigenvalue weighted by atomic mass is 16.4. The van der Waals surface area contributed by atoms with E-state index in [1.54, 1.807) is 18.7 Å². The molecular formula is C17H14N4O2. The van der Waals surface area contributed by atoms with Crippen LogP contribution in [0.2, 0.25) is 0 Å². The summed E-state index contributed by atoms with van der Waals surface area (Å²) in [5.74, 6) is 2.67. The minimum absolute atomic E-state index is 0.488. The molecule has 0 aliphatic heterocycles. The highest BCUT2D eigenvalue weighted by Crippen LogP contribution is 2.23. The van der Waals surface area contributed by atoms with Crippen LogP contribution in [0.1, 0.15) is 11.5 Å². The standard InChI is InChI=1S/C17H14N4O2/c1-12-14(20-17(23-12)15-6-4-10-22-15)11-21-9-8-19-16(21)13-5-2-3-7-18-13/h2-10H,11H2,1H3. The molecule has 0 aromatic carbocycles. The lowest BCUT2D eigenvalue weighted by molar-refractivity contribution is 0.499. The van der Waals surface area contributed by atoms with Crippen LogP contribution in [0.25, 0.3) is 23.2 Å². The van der Waals surface area contributed by atoms with Crippen LogP contribution < -0.4 is 0 Å². The first-order chi connectivity index (χ1) is 11.3. The lowest BCUT2D eigenvalue weighted by atomic mass is 10.3. The third-order valence-electron chi connectivity index (χ3n) is 3.55. The number of nitrogens with zero attached hydrogens (tertiary/aromatic N) is 4. The van der Waals surface area contributed by atoms with Crippen LogP contribution in [0.4, 0.5) is 0 Å². The molecule has 0 spiro atoms. The monoisotopic (exact) mass is 306 g/mol. The van der Waals surface area contributed by atoms with Crippen molar-refractivity contribution in [1.82, 2.24) is 19.5 Å². The van der Waals surface area contributed by atoms with Gasteiger partial charge in [0.05, 0.1) is 12.8 Å². The number of pyridine rings is 1. The Labute approximate surface area is 132 Å². The van der Waals surface area contributed by atoms with Crippen molar-refractivity contribution in [1.29, 1.82) is 0 Å². The molecule has 0 aliphatic carbocycles. The van der Waals surface area contributed by atoms with Crippen molar-refractivity contribution >= 4 is 0 Å². The second kappa shape index (κ2) is 5.57. The second-order valence-corrected chi connectivity index (χ2v) is 5.09. The zero-order valence-electron chi connectivity index (χ0n) is 12.5. The van der Waals surface area contributed by atoms with E-state index >= 15 is 0 Å². The molecule has 0 saturated carbocycles. The number of hydrogen-bond donors (Lipinski definition) is 0. The van der Waals surface area contributed by atoms with Crippen molar-refractivity contribution in [2.45, 2.75) is 13.5 Å². The van der Waals surface area contributed by atoms with E-state index in [0.29, 0.717) is 18.2 Å². The lowest BCUT2D eigenvalue weighted by Crippen LogP contribution is -2.03. The molecule has 0 bridgehead atoms. The molecule has 0 unspecified atom stereocenters. The van der Waals surface area contributed by atoms with Crippen molar-refractivity contribution in [3.8, 4) is 23.2 Å². The molecule has 0 radical (unpaired) electrons. The minimum atomic E-state index is 0.488. The van der Waals surface area contributed by atoms with Gasteiger partial charge in [-0.3, -0.25) is 4.98 Å². The van der Waals surface area contributed by atoms with Gasteiger partial charge >= 0.3 is 0 Å². The molecule has 4 aromatic rings. The van der Waals surface area contributed by atoms with Crippen LogP contribution in [0, 0.1) is 6.92 Å². The summed E-state index contributed by atoms with van der Waals surface area (Å²) in [6.07, 6.45) is 7.02. The molecule has 4 heterocycles. The van der Waals surface area contributed by atoms with Crippen LogP contribution in [0.3, 0.4) is 0 Å². The molecule has 0 N–H and O–H groups in total. The SMILES string of the molecule is Cc1oc(-c2ccco2)nc1Cn1ccnc1-c1ccccn1. The number of imidazole rings is 1. The van der Waals surface area contributed by atoms with Crippen LogP contribution in [-0.2, 0) is 6.54 Å². The molecule has 4 aromatic heterocycles. The summed E-state index contributed by atoms with van der Waals surface area (Å²) >= 11 is 0. The summed E-state index contributed by atoms with van der Waals surface area (Å²) < 4.78 is 13.0. The predicted octanol–water partition coefficient (Wildman–Crippen LogP) is 3.55. The van der Waals surface area contributed by atoms with Gasteiger partial charge in [0, 0.05) is 18.6 Å². The Morgan fingerprint density at radius 1 is 1.09 bits per heavy atom. The topological polar surface area (TPSA) is 69.9 Å². The third-order valence-corrected chi connectivity index (χ3v) is 3.55. The van der Waals surface area contributed by atoms with E-state index in [9.17, 15) is 0 Å². The quantitative estimate of drug-likeness (QED) is 0.576. The van der Waals surface area contributed by atoms with Gasteiger partial charge in [0.15, 0.2) is 11.6 Å². The van der Waals surface area contributed by atoms with E-state index in [0.717, 1.165) is 23.0 Å². The van der Waals surface area contributed by atoms with Gasteiger partial charge in [0.1, 0.15) is 17.1 Å². The molecule has 23 heavy (non-hydrogen) atoms. The molecule has 0 aliphatic rings. The van der Waals surface area contributed by atoms with E-state index in [2.05, 4.69) is 15.0 Å². The number of oxazole rings is 1. The maximum Gasteiger partial charge on any atom is 0.263 e. The molecule has 0 fully saturated rings. The van der Waals surface area contributed by atoms with Crippen molar-refractivity contribution in [3.63, 3.8) is 0 Å². The van der Waals surface area contributed by atoms with E-state index in [1.165, 1.54) is 0 Å². The normalized spacial score (nSPS) is 11.0. The van der Waals surface area contributed by atoms with Crippen molar-refractivity contribution < 1.29 is 8.83 Å². The number of hydrogen-bond acceptors (Lipinski definition) is 5. The van der Waals surface area contributed by atoms with Crippen LogP contribution in [0.15, 0.2) is 64.0 Å². The molecular weight excluding hydrogens is 292 g/mol. The van der Waals surface area contributed by atoms with Crippen LogP contribution in [-0.4, -0.2) is 19.5 Å². The number of rotatable bonds is 4. The Kier molecular flexibility index (Phi) is 3.27. The van der Waals surface area contributed by atoms with E-state index in [-0.39, 0.29) is 0 Å². The number of aryl methyl sites for hydroxylation is 1. The summed E-state index contributed by atoms with van der Waals surface area (Å²) in [5.41, 5.74) is 1.66. The van der Waals surface area contributed by atoms with Gasteiger partial charge in [-0.05, 0) is 31.2 Å². The average Bonchev–Trinajstić information content (AvgIpc) is 3.30. The largest absolute Gasteiger partial charge is 0.459 e. The summed E-state index contributed by atoms with van der Waals surface area (Å²) in [7, 11) is 0. The van der Waals surface area contributed by atoms with E-state index in [1.807, 2.05) is 48.0 Å². The maximum absolute atomic E-state index is 5.70. The van der Waals surface area contributed by atoms with Gasteiger partial charge in [-0.1, -0.05) is 6.07 Å². The fraction of sp³-hybridized carbons (Fsp3) is 0.118. The smallest absolute Gasteiger partial charge is 0.263 e. The van der Waals surface area contributed by atoms with Crippen molar-refractivity contribution in [2.24, 2.45) is 0 Å².